The Kier molecular flexibility index (Phi) is 6.86. The summed E-state index contributed by atoms with van der Waals surface area (Å²) >= 11 is 0. The van der Waals surface area contributed by atoms with Crippen molar-refractivity contribution in [2.75, 3.05) is 11.8 Å². The number of ether oxygens (including phenoxy) is 1. The molecule has 3 aromatic carbocycles. The van der Waals surface area contributed by atoms with Gasteiger partial charge in [0.1, 0.15) is 5.75 Å². The molecule has 0 aromatic heterocycles. The number of sulfonamides is 1. The van der Waals surface area contributed by atoms with E-state index in [1.54, 1.807) is 24.3 Å². The lowest BCUT2D eigenvalue weighted by atomic mass is 10.1. The topological polar surface area (TPSA) is 134 Å². The molecule has 32 heavy (non-hydrogen) atoms. The predicted octanol–water partition coefficient (Wildman–Crippen LogP) is 2.96. The fourth-order valence-corrected chi connectivity index (χ4v) is 3.72. The van der Waals surface area contributed by atoms with E-state index in [9.17, 15) is 18.0 Å². The number of amides is 1. The molecule has 3 rings (SSSR count). The van der Waals surface area contributed by atoms with Gasteiger partial charge in [0.05, 0.1) is 23.8 Å². The van der Waals surface area contributed by atoms with Crippen molar-refractivity contribution in [1.29, 1.82) is 0 Å². The highest BCUT2D eigenvalue weighted by molar-refractivity contribution is 7.92. The van der Waals surface area contributed by atoms with Gasteiger partial charge in [-0.3, -0.25) is 9.52 Å². The zero-order valence-corrected chi connectivity index (χ0v) is 17.7. The number of carboxylic acid groups (broad SMARTS) is 1. The Bertz CT molecular complexity index is 1250. The maximum Gasteiger partial charge on any atom is 0.335 e. The van der Waals surface area contributed by atoms with Gasteiger partial charge in [0.15, 0.2) is 0 Å². The minimum atomic E-state index is -3.92. The molecule has 164 valence electrons. The van der Waals surface area contributed by atoms with E-state index in [-0.39, 0.29) is 16.0 Å². The quantitative estimate of drug-likeness (QED) is 0.355. The third-order valence-electron chi connectivity index (χ3n) is 4.29. The highest BCUT2D eigenvalue weighted by atomic mass is 32.2. The molecular formula is C22H19N3O6S. The van der Waals surface area contributed by atoms with Crippen molar-refractivity contribution in [3.63, 3.8) is 0 Å². The molecule has 0 heterocycles. The van der Waals surface area contributed by atoms with E-state index in [1.165, 1.54) is 61.9 Å². The summed E-state index contributed by atoms with van der Waals surface area (Å²) in [6.07, 6.45) is 1.34. The van der Waals surface area contributed by atoms with Crippen LogP contribution in [0.4, 0.5) is 5.69 Å². The number of benzene rings is 3. The molecule has 0 aliphatic heterocycles. The van der Waals surface area contributed by atoms with Crippen LogP contribution in [0, 0.1) is 0 Å². The van der Waals surface area contributed by atoms with Crippen LogP contribution in [0.5, 0.6) is 5.75 Å². The monoisotopic (exact) mass is 453 g/mol. The van der Waals surface area contributed by atoms with E-state index >= 15 is 0 Å². The van der Waals surface area contributed by atoms with Gasteiger partial charge in [-0.15, -0.1) is 0 Å². The first-order chi connectivity index (χ1) is 15.3. The molecule has 0 atom stereocenters. The van der Waals surface area contributed by atoms with Crippen LogP contribution in [0.2, 0.25) is 0 Å². The summed E-state index contributed by atoms with van der Waals surface area (Å²) in [5.41, 5.74) is 3.47. The normalized spacial score (nSPS) is 11.2. The molecule has 0 aliphatic rings. The number of hydrogen-bond donors (Lipinski definition) is 3. The number of nitrogens with one attached hydrogen (secondary N) is 2. The summed E-state index contributed by atoms with van der Waals surface area (Å²) in [5, 5.41) is 12.7. The van der Waals surface area contributed by atoms with Crippen molar-refractivity contribution in [3.8, 4) is 5.75 Å². The second kappa shape index (κ2) is 9.75. The third kappa shape index (κ3) is 5.70. The number of carbonyl (C=O) groups is 2. The molecule has 0 bridgehead atoms. The zero-order chi connectivity index (χ0) is 23.1. The van der Waals surface area contributed by atoms with Gasteiger partial charge < -0.3 is 9.84 Å². The van der Waals surface area contributed by atoms with E-state index in [0.717, 1.165) is 0 Å². The Morgan fingerprint density at radius 2 is 1.66 bits per heavy atom. The number of carbonyl (C=O) groups excluding carboxylic acids is 1. The fraction of sp³-hybridized carbons (Fsp3) is 0.0455. The van der Waals surface area contributed by atoms with Gasteiger partial charge in [-0.1, -0.05) is 18.2 Å². The molecule has 0 saturated heterocycles. The average molecular weight is 453 g/mol. The predicted molar refractivity (Wildman–Crippen MR) is 119 cm³/mol. The lowest BCUT2D eigenvalue weighted by Crippen LogP contribution is -2.19. The first kappa shape index (κ1) is 22.5. The molecule has 0 radical (unpaired) electrons. The van der Waals surface area contributed by atoms with Crippen molar-refractivity contribution < 1.29 is 27.9 Å². The van der Waals surface area contributed by atoms with Gasteiger partial charge in [-0.05, 0) is 60.2 Å². The van der Waals surface area contributed by atoms with Crippen LogP contribution in [0.3, 0.4) is 0 Å². The minimum absolute atomic E-state index is 0.0887. The van der Waals surface area contributed by atoms with E-state index in [2.05, 4.69) is 15.2 Å². The molecule has 1 amide bonds. The van der Waals surface area contributed by atoms with E-state index in [4.69, 9.17) is 9.84 Å². The highest BCUT2D eigenvalue weighted by Gasteiger charge is 2.16. The molecule has 0 unspecified atom stereocenters. The molecule has 0 fully saturated rings. The number of methoxy groups -OCH3 is 1. The first-order valence-corrected chi connectivity index (χ1v) is 10.7. The highest BCUT2D eigenvalue weighted by Crippen LogP contribution is 2.20. The van der Waals surface area contributed by atoms with E-state index < -0.39 is 21.9 Å². The molecule has 0 saturated carbocycles. The van der Waals surface area contributed by atoms with Crippen LogP contribution in [0.25, 0.3) is 0 Å². The van der Waals surface area contributed by atoms with Crippen molar-refractivity contribution in [2.24, 2.45) is 5.10 Å². The van der Waals surface area contributed by atoms with Crippen molar-refractivity contribution >= 4 is 33.8 Å². The zero-order valence-electron chi connectivity index (χ0n) is 16.8. The number of aromatic carboxylic acids is 1. The van der Waals surface area contributed by atoms with Crippen molar-refractivity contribution in [2.45, 2.75) is 4.90 Å². The summed E-state index contributed by atoms with van der Waals surface area (Å²) in [4.78, 5) is 23.1. The first-order valence-electron chi connectivity index (χ1n) is 9.22. The SMILES string of the molecule is COc1ccc(NS(=O)(=O)c2cccc(C(=O)N/N=C/c3ccc(C(=O)O)cc3)c2)cc1. The Balaban J connectivity index is 1.68. The molecule has 9 nitrogen and oxygen atoms in total. The number of carboxylic acids is 1. The second-order valence-electron chi connectivity index (χ2n) is 6.49. The smallest absolute Gasteiger partial charge is 0.335 e. The average Bonchev–Trinajstić information content (AvgIpc) is 2.79. The largest absolute Gasteiger partial charge is 0.497 e. The van der Waals surface area contributed by atoms with Gasteiger partial charge in [-0.25, -0.2) is 18.6 Å². The molecule has 3 N–H and O–H groups in total. The van der Waals surface area contributed by atoms with Crippen LogP contribution in [-0.4, -0.2) is 38.7 Å². The van der Waals surface area contributed by atoms with Crippen LogP contribution >= 0.6 is 0 Å². The summed E-state index contributed by atoms with van der Waals surface area (Å²) in [6, 6.07) is 17.8. The number of nitrogens with zero attached hydrogens (tertiary/aromatic N) is 1. The molecular weight excluding hydrogens is 434 g/mol. The Hall–Kier alpha value is -4.18. The number of anilines is 1. The van der Waals surface area contributed by atoms with Crippen LogP contribution in [0.15, 0.2) is 82.8 Å². The summed E-state index contributed by atoms with van der Waals surface area (Å²) < 4.78 is 32.8. The van der Waals surface area contributed by atoms with Gasteiger partial charge in [0.25, 0.3) is 15.9 Å². The molecule has 10 heteroatoms. The Morgan fingerprint density at radius 1 is 0.969 bits per heavy atom. The Labute approximate surface area is 184 Å². The summed E-state index contributed by atoms with van der Waals surface area (Å²) in [7, 11) is -2.41. The van der Waals surface area contributed by atoms with Crippen LogP contribution in [0.1, 0.15) is 26.3 Å². The van der Waals surface area contributed by atoms with Gasteiger partial charge in [0, 0.05) is 11.3 Å². The van der Waals surface area contributed by atoms with Gasteiger partial charge >= 0.3 is 5.97 Å². The van der Waals surface area contributed by atoms with Crippen LogP contribution in [-0.2, 0) is 10.0 Å². The van der Waals surface area contributed by atoms with Gasteiger partial charge in [-0.2, -0.15) is 5.10 Å². The maximum atomic E-state index is 12.7. The van der Waals surface area contributed by atoms with E-state index in [0.29, 0.717) is 17.0 Å². The second-order valence-corrected chi connectivity index (χ2v) is 8.17. The van der Waals surface area contributed by atoms with E-state index in [1.807, 2.05) is 0 Å². The van der Waals surface area contributed by atoms with Gasteiger partial charge in [0.2, 0.25) is 0 Å². The molecule has 3 aromatic rings. The lowest BCUT2D eigenvalue weighted by Gasteiger charge is -2.09. The number of hydrazone groups is 1. The minimum Gasteiger partial charge on any atom is -0.497 e. The van der Waals surface area contributed by atoms with Crippen molar-refractivity contribution in [3.05, 3.63) is 89.5 Å². The summed E-state index contributed by atoms with van der Waals surface area (Å²) in [6.45, 7) is 0. The molecule has 0 aliphatic carbocycles. The molecule has 0 spiro atoms. The fourth-order valence-electron chi connectivity index (χ4n) is 2.62. The van der Waals surface area contributed by atoms with Crippen molar-refractivity contribution in [1.82, 2.24) is 5.43 Å². The number of rotatable bonds is 8. The lowest BCUT2D eigenvalue weighted by molar-refractivity contribution is 0.0696. The summed E-state index contributed by atoms with van der Waals surface area (Å²) in [5.74, 6) is -1.06. The Morgan fingerprint density at radius 3 is 2.28 bits per heavy atom. The third-order valence-corrected chi connectivity index (χ3v) is 5.67. The number of hydrogen-bond acceptors (Lipinski definition) is 6. The maximum absolute atomic E-state index is 12.7. The van der Waals surface area contributed by atoms with Crippen LogP contribution < -0.4 is 14.9 Å². The standard InChI is InChI=1S/C22H19N3O6S/c1-31-19-11-9-18(10-12-19)25-32(29,30)20-4-2-3-17(13-20)21(26)24-23-14-15-5-7-16(8-6-15)22(27)28/h2-14,25H,1H3,(H,24,26)(H,27,28)/b23-14+.